The molecule has 1 aromatic heterocycles. The molecule has 36 heavy (non-hydrogen) atoms. The number of Topliss-reactive ketones (excluding diaryl/α,β-unsaturated/α-hetero) is 1. The van der Waals surface area contributed by atoms with Crippen molar-refractivity contribution in [3.8, 4) is 11.5 Å². The third kappa shape index (κ3) is 4.19. The fourth-order valence-corrected chi connectivity index (χ4v) is 4.33. The number of likely N-dealkylation sites (tertiary alicyclic amines) is 1. The maximum atomic E-state index is 13.2. The van der Waals surface area contributed by atoms with Crippen molar-refractivity contribution < 1.29 is 41.8 Å². The van der Waals surface area contributed by atoms with E-state index in [-0.39, 0.29) is 29.0 Å². The molecule has 1 amide bonds. The van der Waals surface area contributed by atoms with Crippen molar-refractivity contribution in [1.29, 1.82) is 0 Å². The van der Waals surface area contributed by atoms with Gasteiger partial charge < -0.3 is 23.9 Å². The zero-order valence-corrected chi connectivity index (χ0v) is 19.0. The number of furan rings is 1. The Morgan fingerprint density at radius 1 is 1.03 bits per heavy atom. The highest BCUT2D eigenvalue weighted by Crippen LogP contribution is 2.42. The molecule has 5 rings (SSSR count). The highest BCUT2D eigenvalue weighted by Gasteiger charge is 2.47. The van der Waals surface area contributed by atoms with E-state index in [0.29, 0.717) is 30.5 Å². The number of ketones is 1. The van der Waals surface area contributed by atoms with Gasteiger partial charge in [-0.15, -0.1) is 0 Å². The Balaban J connectivity index is 1.59. The van der Waals surface area contributed by atoms with Gasteiger partial charge in [-0.3, -0.25) is 9.59 Å². The average Bonchev–Trinajstić information content (AvgIpc) is 3.39. The molecule has 0 spiro atoms. The predicted octanol–water partition coefficient (Wildman–Crippen LogP) is 5.00. The molecule has 3 heterocycles. The molecule has 0 radical (unpaired) electrons. The summed E-state index contributed by atoms with van der Waals surface area (Å²) in [6, 6.07) is 11.1. The second kappa shape index (κ2) is 8.78. The molecule has 1 fully saturated rings. The standard InChI is InChI=1S/C26H20F3NO6/c1-14-5-7-19(36-14)22-21(23(31)16-6-8-18-20(12-16)35-10-9-34-18)24(32)25(33)30(22)13-15-3-2-4-17(11-15)26(27,28)29/h2-8,11-12,22,31H,9-10,13H2,1H3/b23-21-. The zero-order chi connectivity index (χ0) is 25.6. The molecule has 186 valence electrons. The number of hydrogen-bond acceptors (Lipinski definition) is 6. The number of aliphatic hydroxyl groups excluding tert-OH is 1. The fraction of sp³-hybridized carbons (Fsp3) is 0.231. The van der Waals surface area contributed by atoms with Crippen LogP contribution in [0.4, 0.5) is 13.2 Å². The number of hydrogen-bond donors (Lipinski definition) is 1. The average molecular weight is 499 g/mol. The first-order valence-corrected chi connectivity index (χ1v) is 11.0. The number of carbonyl (C=O) groups excluding carboxylic acids is 2. The van der Waals surface area contributed by atoms with Gasteiger partial charge in [0.15, 0.2) is 11.5 Å². The number of amides is 1. The summed E-state index contributed by atoms with van der Waals surface area (Å²) in [6.45, 7) is 2.04. The minimum absolute atomic E-state index is 0.166. The summed E-state index contributed by atoms with van der Waals surface area (Å²) in [5.41, 5.74) is -0.736. The van der Waals surface area contributed by atoms with Gasteiger partial charge in [-0.05, 0) is 55.0 Å². The third-order valence-electron chi connectivity index (χ3n) is 5.99. The van der Waals surface area contributed by atoms with Crippen molar-refractivity contribution in [2.45, 2.75) is 25.7 Å². The molecule has 7 nitrogen and oxygen atoms in total. The molecular weight excluding hydrogens is 479 g/mol. The molecule has 1 atom stereocenters. The molecule has 2 aromatic carbocycles. The highest BCUT2D eigenvalue weighted by atomic mass is 19.4. The molecule has 1 N–H and O–H groups in total. The lowest BCUT2D eigenvalue weighted by Gasteiger charge is -2.24. The number of halogens is 3. The summed E-state index contributed by atoms with van der Waals surface area (Å²) in [6.07, 6.45) is -4.57. The molecule has 0 bridgehead atoms. The summed E-state index contributed by atoms with van der Waals surface area (Å²) in [7, 11) is 0. The molecule has 1 saturated heterocycles. The van der Waals surface area contributed by atoms with Gasteiger partial charge in [0.2, 0.25) is 0 Å². The first kappa shape index (κ1) is 23.5. The van der Waals surface area contributed by atoms with E-state index < -0.39 is 35.2 Å². The van der Waals surface area contributed by atoms with E-state index in [2.05, 4.69) is 0 Å². The lowest BCUT2D eigenvalue weighted by Crippen LogP contribution is -2.29. The maximum absolute atomic E-state index is 13.2. The van der Waals surface area contributed by atoms with E-state index in [9.17, 15) is 27.9 Å². The molecule has 10 heteroatoms. The molecule has 2 aliphatic heterocycles. The van der Waals surface area contributed by atoms with Crippen LogP contribution in [0, 0.1) is 6.92 Å². The van der Waals surface area contributed by atoms with E-state index in [1.54, 1.807) is 25.1 Å². The Morgan fingerprint density at radius 2 is 1.78 bits per heavy atom. The SMILES string of the molecule is Cc1ccc(C2/C(=C(/O)c3ccc4c(c3)OCCO4)C(=O)C(=O)N2Cc2cccc(C(F)(F)F)c2)o1. The zero-order valence-electron chi connectivity index (χ0n) is 19.0. The van der Waals surface area contributed by atoms with Gasteiger partial charge in [0.05, 0.1) is 11.1 Å². The second-order valence-corrected chi connectivity index (χ2v) is 8.43. The summed E-state index contributed by atoms with van der Waals surface area (Å²) in [5, 5.41) is 11.2. The van der Waals surface area contributed by atoms with Crippen molar-refractivity contribution in [2.24, 2.45) is 0 Å². The monoisotopic (exact) mass is 499 g/mol. The van der Waals surface area contributed by atoms with Crippen LogP contribution in [0.15, 0.2) is 64.6 Å². The molecular formula is C26H20F3NO6. The molecule has 0 saturated carbocycles. The Labute approximate surface area is 203 Å². The Hall–Kier alpha value is -4.21. The van der Waals surface area contributed by atoms with Gasteiger partial charge in [0.1, 0.15) is 36.5 Å². The molecule has 3 aromatic rings. The Morgan fingerprint density at radius 3 is 2.47 bits per heavy atom. The second-order valence-electron chi connectivity index (χ2n) is 8.43. The van der Waals surface area contributed by atoms with Crippen molar-refractivity contribution in [2.75, 3.05) is 13.2 Å². The lowest BCUT2D eigenvalue weighted by molar-refractivity contribution is -0.140. The minimum Gasteiger partial charge on any atom is -0.507 e. The normalized spacial score (nSPS) is 19.1. The lowest BCUT2D eigenvalue weighted by atomic mass is 9.98. The van der Waals surface area contributed by atoms with Crippen LogP contribution in [-0.4, -0.2) is 34.9 Å². The van der Waals surface area contributed by atoms with Gasteiger partial charge in [-0.2, -0.15) is 13.2 Å². The largest absolute Gasteiger partial charge is 0.507 e. The van der Waals surface area contributed by atoms with Crippen LogP contribution in [0.3, 0.4) is 0 Å². The van der Waals surface area contributed by atoms with Crippen LogP contribution in [-0.2, 0) is 22.3 Å². The van der Waals surface area contributed by atoms with E-state index in [1.165, 1.54) is 24.3 Å². The summed E-state index contributed by atoms with van der Waals surface area (Å²) >= 11 is 0. The Kier molecular flexibility index (Phi) is 5.74. The van der Waals surface area contributed by atoms with Crippen LogP contribution in [0.2, 0.25) is 0 Å². The van der Waals surface area contributed by atoms with Crippen molar-refractivity contribution in [3.63, 3.8) is 0 Å². The summed E-state index contributed by atoms with van der Waals surface area (Å²) < 4.78 is 56.4. The third-order valence-corrected chi connectivity index (χ3v) is 5.99. The molecule has 0 aliphatic carbocycles. The first-order chi connectivity index (χ1) is 17.1. The van der Waals surface area contributed by atoms with Gasteiger partial charge in [-0.1, -0.05) is 12.1 Å². The van der Waals surface area contributed by atoms with Crippen LogP contribution >= 0.6 is 0 Å². The highest BCUT2D eigenvalue weighted by molar-refractivity contribution is 6.46. The summed E-state index contributed by atoms with van der Waals surface area (Å²) in [4.78, 5) is 27.3. The minimum atomic E-state index is -4.57. The van der Waals surface area contributed by atoms with Crippen LogP contribution < -0.4 is 9.47 Å². The van der Waals surface area contributed by atoms with Crippen molar-refractivity contribution in [3.05, 3.63) is 88.4 Å². The van der Waals surface area contributed by atoms with E-state index in [1.807, 2.05) is 0 Å². The topological polar surface area (TPSA) is 89.2 Å². The number of rotatable bonds is 4. The maximum Gasteiger partial charge on any atom is 0.416 e. The predicted molar refractivity (Wildman–Crippen MR) is 120 cm³/mol. The Bertz CT molecular complexity index is 1390. The van der Waals surface area contributed by atoms with Gasteiger partial charge in [0, 0.05) is 12.1 Å². The molecule has 2 aliphatic rings. The fourth-order valence-electron chi connectivity index (χ4n) is 4.33. The van der Waals surface area contributed by atoms with Crippen molar-refractivity contribution >= 4 is 17.4 Å². The molecule has 1 unspecified atom stereocenters. The van der Waals surface area contributed by atoms with Crippen LogP contribution in [0.5, 0.6) is 11.5 Å². The number of ether oxygens (including phenoxy) is 2. The number of carbonyl (C=O) groups is 2. The smallest absolute Gasteiger partial charge is 0.416 e. The number of aliphatic hydroxyl groups is 1. The van der Waals surface area contributed by atoms with Crippen LogP contribution in [0.25, 0.3) is 5.76 Å². The van der Waals surface area contributed by atoms with E-state index >= 15 is 0 Å². The number of benzene rings is 2. The van der Waals surface area contributed by atoms with E-state index in [0.717, 1.165) is 17.0 Å². The van der Waals surface area contributed by atoms with Crippen molar-refractivity contribution in [1.82, 2.24) is 4.90 Å². The summed E-state index contributed by atoms with van der Waals surface area (Å²) in [5.74, 6) is -0.878. The van der Waals surface area contributed by atoms with Gasteiger partial charge in [0.25, 0.3) is 11.7 Å². The number of nitrogens with zero attached hydrogens (tertiary/aromatic N) is 1. The van der Waals surface area contributed by atoms with E-state index in [4.69, 9.17) is 13.9 Å². The van der Waals surface area contributed by atoms with Gasteiger partial charge in [-0.25, -0.2) is 0 Å². The number of fused-ring (bicyclic) bond motifs is 1. The number of aryl methyl sites for hydroxylation is 1. The first-order valence-electron chi connectivity index (χ1n) is 11.0. The van der Waals surface area contributed by atoms with Gasteiger partial charge >= 0.3 is 6.18 Å². The quantitative estimate of drug-likeness (QED) is 0.309. The number of alkyl halides is 3. The van der Waals surface area contributed by atoms with Crippen LogP contribution in [0.1, 0.15) is 34.3 Å².